The molecule has 0 amide bonds. The van der Waals surface area contributed by atoms with E-state index in [1.54, 1.807) is 0 Å². The van der Waals surface area contributed by atoms with Gasteiger partial charge in [0.2, 0.25) is 5.88 Å². The van der Waals surface area contributed by atoms with E-state index in [0.29, 0.717) is 6.07 Å². The van der Waals surface area contributed by atoms with Gasteiger partial charge in [0.05, 0.1) is 11.4 Å². The van der Waals surface area contributed by atoms with Crippen molar-refractivity contribution in [1.29, 1.82) is 0 Å². The lowest BCUT2D eigenvalue weighted by Crippen LogP contribution is -2.18. The summed E-state index contributed by atoms with van der Waals surface area (Å²) in [7, 11) is 0. The van der Waals surface area contributed by atoms with Gasteiger partial charge in [-0.25, -0.2) is 13.8 Å². The predicted octanol–water partition coefficient (Wildman–Crippen LogP) is 3.36. The summed E-state index contributed by atoms with van der Waals surface area (Å²) in [6.07, 6.45) is -8.23. The van der Waals surface area contributed by atoms with E-state index in [4.69, 9.17) is 11.6 Å². The quantitative estimate of drug-likeness (QED) is 0.680. The van der Waals surface area contributed by atoms with Crippen molar-refractivity contribution in [2.24, 2.45) is 0 Å². The molecule has 0 spiro atoms. The number of ether oxygens (including phenoxy) is 1. The summed E-state index contributed by atoms with van der Waals surface area (Å²) in [4.78, 5) is 3.16. The Kier molecular flexibility index (Phi) is 3.97. The molecule has 0 aliphatic carbocycles. The maximum absolute atomic E-state index is 12.4. The number of hydrogen-bond donors (Lipinski definition) is 1. The fraction of sp³-hybridized carbons (Fsp3) is 0.375. The summed E-state index contributed by atoms with van der Waals surface area (Å²) < 4.78 is 63.8. The molecule has 17 heavy (non-hydrogen) atoms. The fourth-order valence-electron chi connectivity index (χ4n) is 1.02. The average molecular weight is 278 g/mol. The molecule has 1 rings (SSSR count). The number of aromatic hydroxyl groups is 1. The lowest BCUT2D eigenvalue weighted by Gasteiger charge is -2.12. The first-order chi connectivity index (χ1) is 7.74. The van der Waals surface area contributed by atoms with Crippen LogP contribution in [0.2, 0.25) is 0 Å². The first-order valence-corrected chi connectivity index (χ1v) is 4.60. The van der Waals surface area contributed by atoms with E-state index in [9.17, 15) is 27.1 Å². The molecule has 0 aromatic carbocycles. The Morgan fingerprint density at radius 1 is 1.41 bits per heavy atom. The van der Waals surface area contributed by atoms with E-state index < -0.39 is 41.6 Å². The zero-order valence-electron chi connectivity index (χ0n) is 7.93. The van der Waals surface area contributed by atoms with E-state index >= 15 is 0 Å². The molecule has 0 bridgehead atoms. The van der Waals surface area contributed by atoms with Crippen molar-refractivity contribution in [3.63, 3.8) is 0 Å². The van der Waals surface area contributed by atoms with Gasteiger partial charge in [0.1, 0.15) is 11.4 Å². The number of nitrogens with zero attached hydrogens (tertiary/aromatic N) is 1. The van der Waals surface area contributed by atoms with Gasteiger partial charge >= 0.3 is 6.36 Å². The maximum Gasteiger partial charge on any atom is 0.574 e. The highest BCUT2D eigenvalue weighted by molar-refractivity contribution is 6.17. The van der Waals surface area contributed by atoms with Gasteiger partial charge in [0.15, 0.2) is 0 Å². The van der Waals surface area contributed by atoms with Crippen molar-refractivity contribution in [2.45, 2.75) is 18.7 Å². The summed E-state index contributed by atoms with van der Waals surface area (Å²) in [5, 5.41) is 9.22. The molecule has 0 unspecified atom stereocenters. The van der Waals surface area contributed by atoms with E-state index in [1.165, 1.54) is 0 Å². The summed E-state index contributed by atoms with van der Waals surface area (Å²) >= 11 is 5.25. The van der Waals surface area contributed by atoms with Crippen molar-refractivity contribution in [3.05, 3.63) is 17.3 Å². The molecule has 9 heteroatoms. The molecule has 1 heterocycles. The average Bonchev–Trinajstić information content (AvgIpc) is 2.17. The highest BCUT2D eigenvalue weighted by Crippen LogP contribution is 2.35. The Balaban J connectivity index is 3.21. The smallest absolute Gasteiger partial charge is 0.505 e. The molecular weight excluding hydrogens is 273 g/mol. The molecule has 3 nitrogen and oxygen atoms in total. The molecule has 96 valence electrons. The fourth-order valence-corrected chi connectivity index (χ4v) is 1.20. The number of hydrogen-bond acceptors (Lipinski definition) is 3. The molecule has 0 aliphatic heterocycles. The van der Waals surface area contributed by atoms with Crippen LogP contribution < -0.4 is 4.74 Å². The van der Waals surface area contributed by atoms with Crippen LogP contribution in [0, 0.1) is 0 Å². The summed E-state index contributed by atoms with van der Waals surface area (Å²) in [5.41, 5.74) is -1.53. The summed E-state index contributed by atoms with van der Waals surface area (Å²) in [6.45, 7) is 0. The largest absolute Gasteiger partial charge is 0.574 e. The standard InChI is InChI=1S/C8H5ClF5NO2/c9-2-4-6(16)3(7(10)11)1-5(15-4)17-8(12,13)14/h1,7,16H,2H2. The Labute approximate surface area is 96.8 Å². The molecule has 0 atom stereocenters. The zero-order chi connectivity index (χ0) is 13.2. The Hall–Kier alpha value is -1.31. The van der Waals surface area contributed by atoms with Gasteiger partial charge in [0, 0.05) is 6.07 Å². The molecule has 0 saturated carbocycles. The second kappa shape index (κ2) is 4.91. The minimum Gasteiger partial charge on any atom is -0.505 e. The van der Waals surface area contributed by atoms with Crippen LogP contribution in [0.25, 0.3) is 0 Å². The van der Waals surface area contributed by atoms with Gasteiger partial charge in [-0.15, -0.1) is 24.8 Å². The number of alkyl halides is 6. The first-order valence-electron chi connectivity index (χ1n) is 4.07. The van der Waals surface area contributed by atoms with E-state index in [-0.39, 0.29) is 0 Å². The van der Waals surface area contributed by atoms with Crippen LogP contribution in [0.15, 0.2) is 6.07 Å². The van der Waals surface area contributed by atoms with E-state index in [0.717, 1.165) is 0 Å². The van der Waals surface area contributed by atoms with Crippen LogP contribution in [-0.2, 0) is 5.88 Å². The monoisotopic (exact) mass is 277 g/mol. The van der Waals surface area contributed by atoms with Crippen molar-refractivity contribution in [3.8, 4) is 11.6 Å². The minimum absolute atomic E-state index is 0.309. The Morgan fingerprint density at radius 3 is 2.41 bits per heavy atom. The van der Waals surface area contributed by atoms with E-state index in [1.807, 2.05) is 0 Å². The third kappa shape index (κ3) is 3.58. The van der Waals surface area contributed by atoms with Crippen molar-refractivity contribution in [2.75, 3.05) is 0 Å². The van der Waals surface area contributed by atoms with Crippen LogP contribution >= 0.6 is 11.6 Å². The molecule has 0 radical (unpaired) electrons. The molecule has 1 aromatic rings. The van der Waals surface area contributed by atoms with Crippen LogP contribution in [0.5, 0.6) is 11.6 Å². The highest BCUT2D eigenvalue weighted by Gasteiger charge is 2.33. The lowest BCUT2D eigenvalue weighted by atomic mass is 10.2. The Bertz CT molecular complexity index is 410. The van der Waals surface area contributed by atoms with Crippen LogP contribution in [0.1, 0.15) is 17.7 Å². The number of aromatic nitrogens is 1. The molecule has 0 saturated heterocycles. The third-order valence-corrected chi connectivity index (χ3v) is 1.91. The van der Waals surface area contributed by atoms with Crippen LogP contribution in [0.3, 0.4) is 0 Å². The van der Waals surface area contributed by atoms with Crippen LogP contribution in [0.4, 0.5) is 22.0 Å². The second-order valence-electron chi connectivity index (χ2n) is 2.83. The van der Waals surface area contributed by atoms with E-state index in [2.05, 4.69) is 9.72 Å². The zero-order valence-corrected chi connectivity index (χ0v) is 8.69. The number of rotatable bonds is 3. The lowest BCUT2D eigenvalue weighted by molar-refractivity contribution is -0.276. The van der Waals surface area contributed by atoms with Crippen molar-refractivity contribution >= 4 is 11.6 Å². The molecule has 1 N–H and O–H groups in total. The second-order valence-corrected chi connectivity index (χ2v) is 3.09. The molecule has 1 aromatic heterocycles. The number of halogens is 6. The van der Waals surface area contributed by atoms with Gasteiger partial charge in [-0.05, 0) is 0 Å². The highest BCUT2D eigenvalue weighted by atomic mass is 35.5. The maximum atomic E-state index is 12.4. The first kappa shape index (κ1) is 13.8. The Morgan fingerprint density at radius 2 is 2.00 bits per heavy atom. The topological polar surface area (TPSA) is 42.4 Å². The number of pyridine rings is 1. The molecule has 0 fully saturated rings. The summed E-state index contributed by atoms with van der Waals surface area (Å²) in [6, 6.07) is 0.309. The van der Waals surface area contributed by atoms with Crippen molar-refractivity contribution < 1.29 is 31.8 Å². The van der Waals surface area contributed by atoms with Gasteiger partial charge in [-0.3, -0.25) is 0 Å². The van der Waals surface area contributed by atoms with Crippen molar-refractivity contribution in [1.82, 2.24) is 4.98 Å². The van der Waals surface area contributed by atoms with Gasteiger partial charge in [-0.1, -0.05) is 0 Å². The third-order valence-electron chi connectivity index (χ3n) is 1.65. The summed E-state index contributed by atoms with van der Waals surface area (Å²) in [5.74, 6) is -2.56. The molecular formula is C8H5ClF5NO2. The predicted molar refractivity (Wildman–Crippen MR) is 47.1 cm³/mol. The normalized spacial score (nSPS) is 11.9. The SMILES string of the molecule is Oc1c(C(F)F)cc(OC(F)(F)F)nc1CCl. The minimum atomic E-state index is -5.06. The van der Waals surface area contributed by atoms with Gasteiger partial charge in [-0.2, -0.15) is 0 Å². The van der Waals surface area contributed by atoms with Gasteiger partial charge in [0.25, 0.3) is 6.43 Å². The van der Waals surface area contributed by atoms with Crippen LogP contribution in [-0.4, -0.2) is 16.5 Å². The van der Waals surface area contributed by atoms with Gasteiger partial charge < -0.3 is 9.84 Å². The molecule has 0 aliphatic rings.